The number of halogens is 1. The van der Waals surface area contributed by atoms with Gasteiger partial charge in [0.15, 0.2) is 0 Å². The van der Waals surface area contributed by atoms with Crippen molar-refractivity contribution in [3.63, 3.8) is 0 Å². The van der Waals surface area contributed by atoms with Crippen molar-refractivity contribution in [2.45, 2.75) is 6.92 Å². The van der Waals surface area contributed by atoms with Crippen LogP contribution in [0.15, 0.2) is 41.1 Å². The number of rotatable bonds is 4. The Hall–Kier alpha value is -3.13. The highest BCUT2D eigenvalue weighted by Gasteiger charge is 2.25. The van der Waals surface area contributed by atoms with Gasteiger partial charge in [0.2, 0.25) is 11.7 Å². The molecule has 0 unspecified atom stereocenters. The van der Waals surface area contributed by atoms with Crippen molar-refractivity contribution in [3.8, 4) is 17.1 Å². The number of amides is 1. The molecule has 2 aromatic heterocycles. The molecule has 3 aromatic rings. The molecule has 1 aromatic carbocycles. The van der Waals surface area contributed by atoms with Crippen LogP contribution in [0, 0.1) is 6.92 Å². The topological polar surface area (TPSA) is 84.6 Å². The summed E-state index contributed by atoms with van der Waals surface area (Å²) in [6.45, 7) is 4.28. The van der Waals surface area contributed by atoms with Crippen molar-refractivity contribution in [1.29, 1.82) is 0 Å². The predicted octanol–water partition coefficient (Wildman–Crippen LogP) is 3.06. The maximum atomic E-state index is 12.9. The molecule has 9 heteroatoms. The van der Waals surface area contributed by atoms with Crippen LogP contribution in [0.1, 0.15) is 16.2 Å². The summed E-state index contributed by atoms with van der Waals surface area (Å²) in [5.74, 6) is 2.32. The first-order valence-electron chi connectivity index (χ1n) is 9.19. The van der Waals surface area contributed by atoms with Crippen molar-refractivity contribution < 1.29 is 14.1 Å². The summed E-state index contributed by atoms with van der Waals surface area (Å²) in [4.78, 5) is 25.6. The summed E-state index contributed by atoms with van der Waals surface area (Å²) in [5.41, 5.74) is 1.28. The number of aryl methyl sites for hydroxylation is 1. The van der Waals surface area contributed by atoms with E-state index in [2.05, 4.69) is 20.0 Å². The second kappa shape index (κ2) is 8.08. The molecule has 3 heterocycles. The lowest BCUT2D eigenvalue weighted by atomic mass is 10.1. The number of anilines is 1. The third-order valence-corrected chi connectivity index (χ3v) is 5.05. The molecule has 8 nitrogen and oxygen atoms in total. The highest BCUT2D eigenvalue weighted by Crippen LogP contribution is 2.25. The van der Waals surface area contributed by atoms with Gasteiger partial charge in [0.05, 0.1) is 12.7 Å². The first-order valence-corrected chi connectivity index (χ1v) is 9.57. The van der Waals surface area contributed by atoms with Crippen LogP contribution in [0.2, 0.25) is 5.02 Å². The lowest BCUT2D eigenvalue weighted by Crippen LogP contribution is -2.49. The smallest absolute Gasteiger partial charge is 0.257 e. The summed E-state index contributed by atoms with van der Waals surface area (Å²) in [6.07, 6.45) is 1.73. The number of piperazine rings is 1. The zero-order valence-corrected chi connectivity index (χ0v) is 16.9. The van der Waals surface area contributed by atoms with E-state index in [1.165, 1.54) is 0 Å². The fourth-order valence-electron chi connectivity index (χ4n) is 3.28. The van der Waals surface area contributed by atoms with Crippen molar-refractivity contribution in [1.82, 2.24) is 20.0 Å². The van der Waals surface area contributed by atoms with Gasteiger partial charge in [-0.15, -0.1) is 0 Å². The summed E-state index contributed by atoms with van der Waals surface area (Å²) in [7, 11) is 1.54. The molecule has 29 heavy (non-hydrogen) atoms. The number of carbonyl (C=O) groups is 1. The van der Waals surface area contributed by atoms with E-state index in [1.807, 2.05) is 12.1 Å². The second-order valence-corrected chi connectivity index (χ2v) is 7.10. The SMILES string of the molecule is COc1ccc(Cl)cc1C(=O)N1CCN(c2ccc(-c3noc(C)n3)cn2)CC1. The molecule has 0 saturated carbocycles. The first kappa shape index (κ1) is 19.2. The summed E-state index contributed by atoms with van der Waals surface area (Å²) in [6, 6.07) is 8.91. The molecule has 1 fully saturated rings. The van der Waals surface area contributed by atoms with Crippen LogP contribution in [-0.4, -0.2) is 59.2 Å². The van der Waals surface area contributed by atoms with Gasteiger partial charge in [-0.25, -0.2) is 4.98 Å². The number of methoxy groups -OCH3 is 1. The van der Waals surface area contributed by atoms with Gasteiger partial charge in [0.25, 0.3) is 5.91 Å². The van der Waals surface area contributed by atoms with Crippen LogP contribution in [0.5, 0.6) is 5.75 Å². The Balaban J connectivity index is 1.42. The van der Waals surface area contributed by atoms with Gasteiger partial charge in [-0.1, -0.05) is 16.8 Å². The molecule has 1 amide bonds. The molecule has 1 saturated heterocycles. The molecule has 0 spiro atoms. The minimum Gasteiger partial charge on any atom is -0.496 e. The Bertz CT molecular complexity index is 1010. The molecule has 0 N–H and O–H groups in total. The number of nitrogens with zero attached hydrogens (tertiary/aromatic N) is 5. The maximum absolute atomic E-state index is 12.9. The fraction of sp³-hybridized carbons (Fsp3) is 0.300. The highest BCUT2D eigenvalue weighted by atomic mass is 35.5. The molecule has 4 rings (SSSR count). The second-order valence-electron chi connectivity index (χ2n) is 6.67. The minimum atomic E-state index is -0.0835. The molecule has 150 valence electrons. The number of carbonyl (C=O) groups excluding carboxylic acids is 1. The van der Waals surface area contributed by atoms with E-state index in [0.717, 1.165) is 11.4 Å². The quantitative estimate of drug-likeness (QED) is 0.649. The molecule has 0 radical (unpaired) electrons. The van der Waals surface area contributed by atoms with E-state index >= 15 is 0 Å². The summed E-state index contributed by atoms with van der Waals surface area (Å²) < 4.78 is 10.3. The van der Waals surface area contributed by atoms with Crippen LogP contribution >= 0.6 is 11.6 Å². The zero-order valence-electron chi connectivity index (χ0n) is 16.1. The van der Waals surface area contributed by atoms with E-state index in [4.69, 9.17) is 20.9 Å². The van der Waals surface area contributed by atoms with Crippen LogP contribution in [0.3, 0.4) is 0 Å². The maximum Gasteiger partial charge on any atom is 0.257 e. The van der Waals surface area contributed by atoms with E-state index in [9.17, 15) is 4.79 Å². The lowest BCUT2D eigenvalue weighted by Gasteiger charge is -2.35. The van der Waals surface area contributed by atoms with Crippen molar-refractivity contribution >= 4 is 23.3 Å². The van der Waals surface area contributed by atoms with Gasteiger partial charge in [-0.3, -0.25) is 4.79 Å². The van der Waals surface area contributed by atoms with Crippen LogP contribution in [0.25, 0.3) is 11.4 Å². The highest BCUT2D eigenvalue weighted by molar-refractivity contribution is 6.31. The zero-order chi connectivity index (χ0) is 20.4. The monoisotopic (exact) mass is 413 g/mol. The van der Waals surface area contributed by atoms with Gasteiger partial charge >= 0.3 is 0 Å². The molecule has 1 aliphatic heterocycles. The van der Waals surface area contributed by atoms with Crippen molar-refractivity contribution in [2.24, 2.45) is 0 Å². The number of ether oxygens (including phenoxy) is 1. The number of aromatic nitrogens is 3. The van der Waals surface area contributed by atoms with E-state index in [0.29, 0.717) is 54.2 Å². The van der Waals surface area contributed by atoms with Gasteiger partial charge in [0, 0.05) is 49.9 Å². The Labute approximate surface area is 173 Å². The lowest BCUT2D eigenvalue weighted by molar-refractivity contribution is 0.0743. The van der Waals surface area contributed by atoms with Crippen LogP contribution < -0.4 is 9.64 Å². The Morgan fingerprint density at radius 3 is 2.59 bits per heavy atom. The Morgan fingerprint density at radius 1 is 1.17 bits per heavy atom. The van der Waals surface area contributed by atoms with Gasteiger partial charge in [0.1, 0.15) is 11.6 Å². The third-order valence-electron chi connectivity index (χ3n) is 4.82. The standard InChI is InChI=1S/C20H20ClN5O3/c1-13-23-19(24-29-13)14-3-6-18(22-12-14)25-7-9-26(10-8-25)20(27)16-11-15(21)4-5-17(16)28-2/h3-6,11-12H,7-10H2,1-2H3. The van der Waals surface area contributed by atoms with Crippen LogP contribution in [0.4, 0.5) is 5.82 Å². The van der Waals surface area contributed by atoms with Gasteiger partial charge < -0.3 is 19.1 Å². The molecule has 0 atom stereocenters. The number of hydrogen-bond acceptors (Lipinski definition) is 7. The average Bonchev–Trinajstić information content (AvgIpc) is 3.20. The molecule has 0 bridgehead atoms. The summed E-state index contributed by atoms with van der Waals surface area (Å²) in [5, 5.41) is 4.41. The first-order chi connectivity index (χ1) is 14.0. The van der Waals surface area contributed by atoms with E-state index in [1.54, 1.807) is 43.3 Å². The number of hydrogen-bond donors (Lipinski definition) is 0. The normalized spacial score (nSPS) is 14.2. The van der Waals surface area contributed by atoms with E-state index in [-0.39, 0.29) is 5.91 Å². The molecular formula is C20H20ClN5O3. The summed E-state index contributed by atoms with van der Waals surface area (Å²) >= 11 is 6.06. The predicted molar refractivity (Wildman–Crippen MR) is 108 cm³/mol. The number of pyridine rings is 1. The van der Waals surface area contributed by atoms with Crippen molar-refractivity contribution in [2.75, 3.05) is 38.2 Å². The third kappa shape index (κ3) is 4.02. The van der Waals surface area contributed by atoms with Gasteiger partial charge in [-0.05, 0) is 30.3 Å². The van der Waals surface area contributed by atoms with E-state index < -0.39 is 0 Å². The van der Waals surface area contributed by atoms with Crippen molar-refractivity contribution in [3.05, 3.63) is 53.0 Å². The molecule has 0 aliphatic carbocycles. The fourth-order valence-corrected chi connectivity index (χ4v) is 3.45. The Morgan fingerprint density at radius 2 is 1.97 bits per heavy atom. The number of benzene rings is 1. The molecular weight excluding hydrogens is 394 g/mol. The average molecular weight is 414 g/mol. The van der Waals surface area contributed by atoms with Gasteiger partial charge in [-0.2, -0.15) is 4.98 Å². The largest absolute Gasteiger partial charge is 0.496 e. The molecule has 1 aliphatic rings. The van der Waals surface area contributed by atoms with Crippen LogP contribution in [-0.2, 0) is 0 Å². The minimum absolute atomic E-state index is 0.0835. The Kier molecular flexibility index (Phi) is 5.35.